The smallest absolute Gasteiger partial charge is 0.407 e. The number of fused-ring (bicyclic) bond motifs is 1. The Kier molecular flexibility index (Phi) is 4.99. The van der Waals surface area contributed by atoms with Gasteiger partial charge in [0, 0.05) is 37.5 Å². The second-order valence-corrected chi connectivity index (χ2v) is 10.1. The molecule has 7 nitrogen and oxygen atoms in total. The molecule has 154 valence electrons. The predicted octanol–water partition coefficient (Wildman–Crippen LogP) is 2.21. The Morgan fingerprint density at radius 2 is 1.86 bits per heavy atom. The van der Waals surface area contributed by atoms with Crippen molar-refractivity contribution >= 4 is 15.9 Å². The van der Waals surface area contributed by atoms with Gasteiger partial charge >= 0.3 is 6.09 Å². The van der Waals surface area contributed by atoms with E-state index in [1.54, 1.807) is 0 Å². The molecule has 1 aromatic carbocycles. The molecule has 3 aliphatic rings. The van der Waals surface area contributed by atoms with E-state index in [4.69, 9.17) is 9.84 Å². The minimum atomic E-state index is -3.44. The highest BCUT2D eigenvalue weighted by atomic mass is 32.2. The van der Waals surface area contributed by atoms with Crippen molar-refractivity contribution < 1.29 is 27.4 Å². The van der Waals surface area contributed by atoms with Gasteiger partial charge in [0.15, 0.2) is 21.4 Å². The number of amides is 1. The Hall–Kier alpha value is -1.87. The number of carboxylic acid groups (broad SMARTS) is 1. The molecule has 4 rings (SSSR count). The van der Waals surface area contributed by atoms with E-state index in [0.717, 1.165) is 38.0 Å². The second-order valence-electron chi connectivity index (χ2n) is 8.12. The Bertz CT molecular complexity index is 857. The summed E-state index contributed by atoms with van der Waals surface area (Å²) in [5.74, 6) is -0.221. The highest BCUT2D eigenvalue weighted by Crippen LogP contribution is 2.42. The van der Waals surface area contributed by atoms with Crippen LogP contribution in [0.15, 0.2) is 23.1 Å². The van der Waals surface area contributed by atoms with Gasteiger partial charge in [-0.3, -0.25) is 4.90 Å². The van der Waals surface area contributed by atoms with Gasteiger partial charge in [-0.15, -0.1) is 0 Å². The van der Waals surface area contributed by atoms with Gasteiger partial charge in [0.2, 0.25) is 0 Å². The third kappa shape index (κ3) is 3.82. The summed E-state index contributed by atoms with van der Waals surface area (Å²) in [6.07, 6.45) is 4.29. The molecule has 1 amide bonds. The van der Waals surface area contributed by atoms with Gasteiger partial charge in [-0.1, -0.05) is 0 Å². The van der Waals surface area contributed by atoms with Crippen molar-refractivity contribution in [1.82, 2.24) is 9.80 Å². The minimum absolute atomic E-state index is 0.0525. The van der Waals surface area contributed by atoms with Gasteiger partial charge in [-0.2, -0.15) is 0 Å². The minimum Gasteiger partial charge on any atom is -0.490 e. The maximum Gasteiger partial charge on any atom is 0.407 e. The monoisotopic (exact) mass is 412 g/mol. The van der Waals surface area contributed by atoms with Crippen molar-refractivity contribution in [2.24, 2.45) is 5.92 Å². The number of nitrogens with zero attached hydrogens (tertiary/aromatic N) is 2. The van der Waals surface area contributed by atoms with Gasteiger partial charge in [0.05, 0.1) is 11.5 Å². The molecular weight excluding hydrogens is 387 g/mol. The first-order valence-electron chi connectivity index (χ1n) is 9.61. The molecule has 2 heterocycles. The molecule has 0 bridgehead atoms. The molecule has 2 saturated heterocycles. The molecule has 28 heavy (non-hydrogen) atoms. The highest BCUT2D eigenvalue weighted by Gasteiger charge is 2.57. The number of ether oxygens (including phenoxy) is 1. The Morgan fingerprint density at radius 1 is 1.21 bits per heavy atom. The van der Waals surface area contributed by atoms with Crippen molar-refractivity contribution in [2.45, 2.75) is 48.7 Å². The Morgan fingerprint density at radius 3 is 2.39 bits per heavy atom. The number of carbonyl (C=O) groups is 1. The summed E-state index contributed by atoms with van der Waals surface area (Å²) in [5, 5.41) is 9.05. The molecule has 1 saturated carbocycles. The quantitative estimate of drug-likeness (QED) is 0.747. The first kappa shape index (κ1) is 19.4. The lowest BCUT2D eigenvalue weighted by Crippen LogP contribution is -2.38. The molecule has 3 fully saturated rings. The fraction of sp³-hybridized carbons (Fsp3) is 0.632. The van der Waals surface area contributed by atoms with E-state index in [-0.39, 0.29) is 10.6 Å². The molecule has 1 aliphatic carbocycles. The lowest BCUT2D eigenvalue weighted by atomic mass is 9.86. The number of benzene rings is 1. The SMILES string of the molecule is CS(=O)(=O)c1ccc(OC[C@H]2CC[C@H](N3C4CN(C(=O)O)CC43)CC2)c(F)c1. The average molecular weight is 412 g/mol. The number of halogens is 1. The van der Waals surface area contributed by atoms with E-state index in [1.807, 2.05) is 0 Å². The third-order valence-corrected chi connectivity index (χ3v) is 7.36. The Labute approximate surface area is 164 Å². The van der Waals surface area contributed by atoms with Crippen molar-refractivity contribution in [3.8, 4) is 5.75 Å². The fourth-order valence-corrected chi connectivity index (χ4v) is 5.29. The molecular formula is C19H25FN2O5S. The molecule has 0 aromatic heterocycles. The zero-order valence-electron chi connectivity index (χ0n) is 15.8. The van der Waals surface area contributed by atoms with Gasteiger partial charge < -0.3 is 14.7 Å². The van der Waals surface area contributed by atoms with Gasteiger partial charge in [0.1, 0.15) is 0 Å². The molecule has 2 unspecified atom stereocenters. The summed E-state index contributed by atoms with van der Waals surface area (Å²) >= 11 is 0. The normalized spacial score (nSPS) is 32.1. The van der Waals surface area contributed by atoms with Crippen LogP contribution in [0.5, 0.6) is 5.75 Å². The van der Waals surface area contributed by atoms with Crippen LogP contribution in [-0.2, 0) is 9.84 Å². The lowest BCUT2D eigenvalue weighted by molar-refractivity contribution is 0.128. The van der Waals surface area contributed by atoms with Gasteiger partial charge in [-0.25, -0.2) is 17.6 Å². The topological polar surface area (TPSA) is 86.9 Å². The van der Waals surface area contributed by atoms with E-state index in [0.29, 0.717) is 43.7 Å². The zero-order chi connectivity index (χ0) is 20.1. The zero-order valence-corrected chi connectivity index (χ0v) is 16.6. The van der Waals surface area contributed by atoms with Crippen LogP contribution < -0.4 is 4.74 Å². The fourth-order valence-electron chi connectivity index (χ4n) is 4.66. The van der Waals surface area contributed by atoms with E-state index < -0.39 is 21.7 Å². The number of sulfone groups is 1. The van der Waals surface area contributed by atoms with Crippen LogP contribution in [0.25, 0.3) is 0 Å². The van der Waals surface area contributed by atoms with E-state index >= 15 is 0 Å². The summed E-state index contributed by atoms with van der Waals surface area (Å²) in [6.45, 7) is 1.65. The molecule has 0 radical (unpaired) electrons. The summed E-state index contributed by atoms with van der Waals surface area (Å²) in [7, 11) is -3.44. The first-order chi connectivity index (χ1) is 13.2. The molecule has 2 atom stereocenters. The summed E-state index contributed by atoms with van der Waals surface area (Å²) < 4.78 is 42.6. The standard InChI is InChI=1S/C19H25FN2O5S/c1-28(25,26)14-6-7-18(15(20)8-14)27-11-12-2-4-13(5-3-12)22-16-9-21(19(23)24)10-17(16)22/h6-8,12-13,16-17H,2-5,9-11H2,1H3,(H,23,24)/t12-,13-,16?,17?,22?. The number of rotatable bonds is 5. The third-order valence-electron chi connectivity index (χ3n) is 6.25. The molecule has 9 heteroatoms. The molecule has 1 aromatic rings. The van der Waals surface area contributed by atoms with Crippen molar-refractivity contribution in [2.75, 3.05) is 26.0 Å². The number of hydrogen-bond donors (Lipinski definition) is 1. The molecule has 1 N–H and O–H groups in total. The van der Waals surface area contributed by atoms with Crippen molar-refractivity contribution in [3.63, 3.8) is 0 Å². The van der Waals surface area contributed by atoms with Crippen LogP contribution in [0.3, 0.4) is 0 Å². The van der Waals surface area contributed by atoms with Crippen LogP contribution in [0.1, 0.15) is 25.7 Å². The van der Waals surface area contributed by atoms with Crippen LogP contribution in [0.2, 0.25) is 0 Å². The van der Waals surface area contributed by atoms with E-state index in [1.165, 1.54) is 17.0 Å². The lowest BCUT2D eigenvalue weighted by Gasteiger charge is -2.31. The van der Waals surface area contributed by atoms with Crippen LogP contribution >= 0.6 is 0 Å². The van der Waals surface area contributed by atoms with Crippen LogP contribution in [0.4, 0.5) is 9.18 Å². The van der Waals surface area contributed by atoms with Gasteiger partial charge in [0.25, 0.3) is 0 Å². The van der Waals surface area contributed by atoms with E-state index in [2.05, 4.69) is 4.90 Å². The Balaban J connectivity index is 1.23. The number of piperazine rings is 1. The largest absolute Gasteiger partial charge is 0.490 e. The predicted molar refractivity (Wildman–Crippen MR) is 99.8 cm³/mol. The van der Waals surface area contributed by atoms with Crippen molar-refractivity contribution in [1.29, 1.82) is 0 Å². The number of hydrogen-bond acceptors (Lipinski definition) is 5. The maximum atomic E-state index is 14.1. The molecule has 0 spiro atoms. The summed E-state index contributed by atoms with van der Waals surface area (Å²) in [6, 6.07) is 5.02. The van der Waals surface area contributed by atoms with Crippen LogP contribution in [-0.4, -0.2) is 73.5 Å². The van der Waals surface area contributed by atoms with Crippen LogP contribution in [0, 0.1) is 11.7 Å². The first-order valence-corrected chi connectivity index (χ1v) is 11.5. The highest BCUT2D eigenvalue weighted by molar-refractivity contribution is 7.90. The van der Waals surface area contributed by atoms with Gasteiger partial charge in [-0.05, 0) is 49.8 Å². The number of likely N-dealkylation sites (tertiary alicyclic amines) is 1. The maximum absolute atomic E-state index is 14.1. The molecule has 2 aliphatic heterocycles. The van der Waals surface area contributed by atoms with E-state index in [9.17, 15) is 17.6 Å². The summed E-state index contributed by atoms with van der Waals surface area (Å²) in [4.78, 5) is 14.9. The average Bonchev–Trinajstić information content (AvgIpc) is 3.13. The summed E-state index contributed by atoms with van der Waals surface area (Å²) in [5.41, 5.74) is 0. The van der Waals surface area contributed by atoms with Crippen molar-refractivity contribution in [3.05, 3.63) is 24.0 Å². The second kappa shape index (κ2) is 7.18.